The fourth-order valence-corrected chi connectivity index (χ4v) is 6.97. The van der Waals surface area contributed by atoms with Crippen LogP contribution in [0.2, 0.25) is 0 Å². The van der Waals surface area contributed by atoms with Gasteiger partial charge in [-0.15, -0.1) is 11.8 Å². The van der Waals surface area contributed by atoms with E-state index in [9.17, 15) is 26.7 Å². The van der Waals surface area contributed by atoms with Gasteiger partial charge in [0, 0.05) is 18.4 Å². The van der Waals surface area contributed by atoms with Crippen molar-refractivity contribution < 1.29 is 45.7 Å². The summed E-state index contributed by atoms with van der Waals surface area (Å²) in [5.41, 5.74) is 2.26. The maximum atomic E-state index is 13.3. The summed E-state index contributed by atoms with van der Waals surface area (Å²) in [6.45, 7) is 2.25. The summed E-state index contributed by atoms with van der Waals surface area (Å²) in [5.74, 6) is -3.53. The van der Waals surface area contributed by atoms with Crippen molar-refractivity contribution in [3.63, 3.8) is 0 Å². The van der Waals surface area contributed by atoms with Gasteiger partial charge < -0.3 is 18.9 Å². The van der Waals surface area contributed by atoms with Crippen molar-refractivity contribution in [1.29, 1.82) is 0 Å². The molecule has 11 heteroatoms. The van der Waals surface area contributed by atoms with Crippen molar-refractivity contribution in [2.75, 3.05) is 33.7 Å². The third-order valence-corrected chi connectivity index (χ3v) is 9.95. The highest BCUT2D eigenvalue weighted by molar-refractivity contribution is 7.99. The average molecular weight is 673 g/mol. The third kappa shape index (κ3) is 9.55. The first kappa shape index (κ1) is 37.5. The van der Waals surface area contributed by atoms with Crippen LogP contribution in [0.25, 0.3) is 0 Å². The minimum absolute atomic E-state index is 0.0613. The van der Waals surface area contributed by atoms with E-state index in [0.29, 0.717) is 19.4 Å². The lowest BCUT2D eigenvalue weighted by atomic mass is 9.77. The van der Waals surface area contributed by atoms with Gasteiger partial charge in [-0.05, 0) is 81.0 Å². The molecule has 0 saturated heterocycles. The van der Waals surface area contributed by atoms with Crippen LogP contribution in [0.15, 0.2) is 54.6 Å². The Morgan fingerprint density at radius 1 is 0.978 bits per heavy atom. The van der Waals surface area contributed by atoms with Gasteiger partial charge in [0.2, 0.25) is 0 Å². The fourth-order valence-electron chi connectivity index (χ4n) is 5.92. The maximum Gasteiger partial charge on any atom is 0.453 e. The lowest BCUT2D eigenvalue weighted by molar-refractivity contribution is -0.284. The summed E-state index contributed by atoms with van der Waals surface area (Å²) in [5, 5.41) is 0. The van der Waals surface area contributed by atoms with Crippen molar-refractivity contribution in [1.82, 2.24) is 0 Å². The number of ether oxygens (including phenoxy) is 4. The number of carbonyl (C=O) groups excluding carboxylic acids is 1. The molecule has 0 aliphatic carbocycles. The summed E-state index contributed by atoms with van der Waals surface area (Å²) >= 11 is 1.77. The van der Waals surface area contributed by atoms with E-state index in [4.69, 9.17) is 18.9 Å². The first-order valence-corrected chi connectivity index (χ1v) is 16.9. The zero-order valence-corrected chi connectivity index (χ0v) is 27.8. The highest BCUT2D eigenvalue weighted by Crippen LogP contribution is 2.54. The van der Waals surface area contributed by atoms with Crippen molar-refractivity contribution >= 4 is 17.7 Å². The molecule has 2 aromatic rings. The van der Waals surface area contributed by atoms with Gasteiger partial charge in [0.25, 0.3) is 0 Å². The minimum Gasteiger partial charge on any atom is -0.497 e. The number of unbranched alkanes of at least 4 members (excludes halogenated alkanes) is 3. The van der Waals surface area contributed by atoms with Crippen molar-refractivity contribution in [2.45, 2.75) is 87.5 Å². The SMILES string of the molecule is CCOC(=O)C(CCCCCC=CCC1c2ccc(OC)cc2OCC1(SC)c1ccc(OC)cc1)CCCC(F)(F)C(F)(F)F. The Morgan fingerprint density at radius 2 is 1.65 bits per heavy atom. The number of rotatable bonds is 18. The Hall–Kier alpha value is -2.95. The standard InChI is InChI=1S/C35H45F5O5S/c1-5-44-32(41)25(14-12-22-34(36,37)35(38,39)40)13-10-8-6-7-9-11-15-30-29-21-20-28(43-3)23-31(29)45-24-33(30,46-4)26-16-18-27(42-2)19-17-26/h9,11,16-21,23,25,30H,5-8,10,12-15,22,24H2,1-4H3. The van der Waals surface area contributed by atoms with E-state index < -0.39 is 36.8 Å². The quantitative estimate of drug-likeness (QED) is 0.0680. The maximum absolute atomic E-state index is 13.3. The Kier molecular flexibility index (Phi) is 14.1. The molecular formula is C35H45F5O5S. The smallest absolute Gasteiger partial charge is 0.453 e. The first-order chi connectivity index (χ1) is 21.9. The predicted molar refractivity (Wildman–Crippen MR) is 171 cm³/mol. The second kappa shape index (κ2) is 17.3. The molecule has 0 fully saturated rings. The second-order valence-electron chi connectivity index (χ2n) is 11.5. The summed E-state index contributed by atoms with van der Waals surface area (Å²) < 4.78 is 86.0. The fraction of sp³-hybridized carbons (Fsp3) is 0.571. The second-order valence-corrected chi connectivity index (χ2v) is 12.6. The zero-order chi connectivity index (χ0) is 33.8. The number of fused-ring (bicyclic) bond motifs is 1. The normalized spacial score (nSPS) is 18.9. The molecule has 1 aliphatic rings. The molecule has 3 atom stereocenters. The van der Waals surface area contributed by atoms with E-state index in [1.165, 1.54) is 0 Å². The van der Waals surface area contributed by atoms with E-state index in [2.05, 4.69) is 36.6 Å². The molecule has 0 aromatic heterocycles. The van der Waals surface area contributed by atoms with E-state index in [1.54, 1.807) is 32.9 Å². The van der Waals surface area contributed by atoms with E-state index in [1.807, 2.05) is 24.3 Å². The number of esters is 1. The molecule has 0 spiro atoms. The van der Waals surface area contributed by atoms with Crippen molar-refractivity contribution in [3.05, 3.63) is 65.7 Å². The Morgan fingerprint density at radius 3 is 2.28 bits per heavy atom. The molecule has 256 valence electrons. The Balaban J connectivity index is 1.59. The van der Waals surface area contributed by atoms with Gasteiger partial charge in [-0.1, -0.05) is 43.2 Å². The monoisotopic (exact) mass is 672 g/mol. The summed E-state index contributed by atoms with van der Waals surface area (Å²) in [6.07, 6.45) is 3.33. The number of alkyl halides is 5. The van der Waals surface area contributed by atoms with Gasteiger partial charge in [-0.2, -0.15) is 22.0 Å². The molecular weight excluding hydrogens is 627 g/mol. The van der Waals surface area contributed by atoms with Gasteiger partial charge >= 0.3 is 18.1 Å². The highest BCUT2D eigenvalue weighted by atomic mass is 32.2. The number of allylic oxidation sites excluding steroid dienone is 2. The van der Waals surface area contributed by atoms with Crippen LogP contribution in [0.1, 0.15) is 81.8 Å². The number of hydrogen-bond acceptors (Lipinski definition) is 6. The zero-order valence-electron chi connectivity index (χ0n) is 27.0. The minimum atomic E-state index is -5.59. The first-order valence-electron chi connectivity index (χ1n) is 15.7. The molecule has 1 aliphatic heterocycles. The Bertz CT molecular complexity index is 1270. The molecule has 1 heterocycles. The number of thioether (sulfide) groups is 1. The van der Waals surface area contributed by atoms with E-state index in [0.717, 1.165) is 54.1 Å². The molecule has 0 saturated carbocycles. The summed E-state index contributed by atoms with van der Waals surface area (Å²) in [7, 11) is 3.27. The van der Waals surface area contributed by atoms with Gasteiger partial charge in [-0.3, -0.25) is 4.79 Å². The summed E-state index contributed by atoms with van der Waals surface area (Å²) in [6, 6.07) is 14.1. The molecule has 0 radical (unpaired) electrons. The molecule has 0 N–H and O–H groups in total. The van der Waals surface area contributed by atoms with Crippen LogP contribution in [-0.2, 0) is 14.3 Å². The van der Waals surface area contributed by atoms with E-state index >= 15 is 0 Å². The molecule has 0 bridgehead atoms. The number of hydrogen-bond donors (Lipinski definition) is 0. The number of carbonyl (C=O) groups is 1. The van der Waals surface area contributed by atoms with E-state index in [-0.39, 0.29) is 23.7 Å². The summed E-state index contributed by atoms with van der Waals surface area (Å²) in [4.78, 5) is 12.3. The van der Waals surface area contributed by atoms with Gasteiger partial charge in [0.15, 0.2) is 0 Å². The average Bonchev–Trinajstić information content (AvgIpc) is 3.04. The Labute approximate surface area is 273 Å². The molecule has 0 amide bonds. The van der Waals surface area contributed by atoms with Crippen molar-refractivity contribution in [3.8, 4) is 17.2 Å². The number of methoxy groups -OCH3 is 2. The van der Waals surface area contributed by atoms with Gasteiger partial charge in [0.1, 0.15) is 23.9 Å². The molecule has 2 aromatic carbocycles. The van der Waals surface area contributed by atoms with Crippen LogP contribution in [0.3, 0.4) is 0 Å². The largest absolute Gasteiger partial charge is 0.497 e. The molecule has 3 unspecified atom stereocenters. The molecule has 5 nitrogen and oxygen atoms in total. The molecule has 3 rings (SSSR count). The number of benzene rings is 2. The van der Waals surface area contributed by atoms with Crippen LogP contribution in [0, 0.1) is 5.92 Å². The van der Waals surface area contributed by atoms with Gasteiger partial charge in [0.05, 0.1) is 31.5 Å². The van der Waals surface area contributed by atoms with Crippen LogP contribution in [0.5, 0.6) is 17.2 Å². The number of halogens is 5. The van der Waals surface area contributed by atoms with Gasteiger partial charge in [-0.25, -0.2) is 0 Å². The topological polar surface area (TPSA) is 54.0 Å². The molecule has 46 heavy (non-hydrogen) atoms. The predicted octanol–water partition coefficient (Wildman–Crippen LogP) is 9.88. The van der Waals surface area contributed by atoms with Crippen LogP contribution < -0.4 is 14.2 Å². The lowest BCUT2D eigenvalue weighted by Gasteiger charge is -2.44. The van der Waals surface area contributed by atoms with Crippen LogP contribution in [0.4, 0.5) is 22.0 Å². The third-order valence-electron chi connectivity index (χ3n) is 8.58. The highest BCUT2D eigenvalue weighted by Gasteiger charge is 2.56. The van der Waals surface area contributed by atoms with Crippen LogP contribution in [-0.4, -0.2) is 51.8 Å². The van der Waals surface area contributed by atoms with Crippen molar-refractivity contribution in [2.24, 2.45) is 5.92 Å². The van der Waals surface area contributed by atoms with Crippen LogP contribution >= 0.6 is 11.8 Å². The lowest BCUT2D eigenvalue weighted by Crippen LogP contribution is -2.40.